The summed E-state index contributed by atoms with van der Waals surface area (Å²) in [6.45, 7) is 0.0836. The van der Waals surface area contributed by atoms with Gasteiger partial charge in [0.2, 0.25) is 0 Å². The van der Waals surface area contributed by atoms with Gasteiger partial charge in [-0.25, -0.2) is 4.39 Å². The Morgan fingerprint density at radius 3 is 2.40 bits per heavy atom. The summed E-state index contributed by atoms with van der Waals surface area (Å²) < 4.78 is 21.5. The molecule has 0 atom stereocenters. The average Bonchev–Trinajstić information content (AvgIpc) is 3.21. The number of halogens is 1. The van der Waals surface area contributed by atoms with Gasteiger partial charge in [0.1, 0.15) is 6.61 Å². The summed E-state index contributed by atoms with van der Waals surface area (Å²) in [4.78, 5) is 0. The second kappa shape index (κ2) is 9.25. The van der Waals surface area contributed by atoms with Crippen LogP contribution < -0.4 is 4.74 Å². The molecule has 148 valence electrons. The Morgan fingerprint density at radius 2 is 1.67 bits per heavy atom. The number of aromatic nitrogens is 3. The van der Waals surface area contributed by atoms with Gasteiger partial charge in [-0.3, -0.25) is 4.57 Å². The Morgan fingerprint density at radius 1 is 0.933 bits per heavy atom. The third kappa shape index (κ3) is 4.50. The Hall–Kier alpha value is -3.63. The zero-order valence-corrected chi connectivity index (χ0v) is 16.7. The monoisotopic (exact) mass is 416 g/mol. The molecule has 4 aromatic rings. The smallest absolute Gasteiger partial charge is 0.196 e. The van der Waals surface area contributed by atoms with Gasteiger partial charge in [-0.1, -0.05) is 54.2 Å². The van der Waals surface area contributed by atoms with E-state index in [4.69, 9.17) is 10.00 Å². The molecule has 0 aliphatic heterocycles. The van der Waals surface area contributed by atoms with Crippen LogP contribution in [0.1, 0.15) is 17.0 Å². The van der Waals surface area contributed by atoms with E-state index in [9.17, 15) is 4.39 Å². The topological polar surface area (TPSA) is 63.7 Å². The molecule has 1 heterocycles. The molecule has 0 spiro atoms. The maximum Gasteiger partial charge on any atom is 0.196 e. The number of ether oxygens (including phenoxy) is 1. The van der Waals surface area contributed by atoms with Crippen LogP contribution in [-0.2, 0) is 12.4 Å². The lowest BCUT2D eigenvalue weighted by Crippen LogP contribution is -2.07. The zero-order valence-electron chi connectivity index (χ0n) is 15.9. The average molecular weight is 416 g/mol. The number of nitrogens with zero attached hydrogens (tertiary/aromatic N) is 4. The molecule has 0 bridgehead atoms. The van der Waals surface area contributed by atoms with E-state index < -0.39 is 5.82 Å². The highest BCUT2D eigenvalue weighted by molar-refractivity contribution is 7.98. The minimum absolute atomic E-state index is 0.0836. The van der Waals surface area contributed by atoms with Gasteiger partial charge in [0.25, 0.3) is 0 Å². The van der Waals surface area contributed by atoms with Crippen molar-refractivity contribution < 1.29 is 9.13 Å². The molecule has 0 unspecified atom stereocenters. The van der Waals surface area contributed by atoms with E-state index in [-0.39, 0.29) is 12.4 Å². The van der Waals surface area contributed by atoms with E-state index in [0.717, 1.165) is 11.3 Å². The molecular formula is C23H17FN4OS. The molecule has 30 heavy (non-hydrogen) atoms. The normalized spacial score (nSPS) is 10.5. The quantitative estimate of drug-likeness (QED) is 0.390. The Bertz CT molecular complexity index is 1170. The molecule has 0 N–H and O–H groups in total. The summed E-state index contributed by atoms with van der Waals surface area (Å²) in [6.07, 6.45) is 0. The van der Waals surface area contributed by atoms with Crippen molar-refractivity contribution in [1.29, 1.82) is 5.26 Å². The number of para-hydroxylation sites is 2. The first-order valence-corrected chi connectivity index (χ1v) is 10.2. The first-order chi connectivity index (χ1) is 14.7. The van der Waals surface area contributed by atoms with Gasteiger partial charge in [0.15, 0.2) is 22.5 Å². The van der Waals surface area contributed by atoms with Gasteiger partial charge in [-0.15, -0.1) is 10.2 Å². The molecule has 0 fully saturated rings. The van der Waals surface area contributed by atoms with Crippen LogP contribution in [0.2, 0.25) is 0 Å². The highest BCUT2D eigenvalue weighted by Crippen LogP contribution is 2.26. The van der Waals surface area contributed by atoms with Crippen LogP contribution in [0.15, 0.2) is 84.0 Å². The first kappa shape index (κ1) is 19.7. The summed E-state index contributed by atoms with van der Waals surface area (Å²) in [5.74, 6) is 1.00. The number of rotatable bonds is 7. The standard InChI is InChI=1S/C23H17FN4OS/c24-20-8-4-5-9-21(20)29-15-22-26-27-23(28(22)19-6-2-1-3-7-19)30-16-18-12-10-17(14-25)11-13-18/h1-13H,15-16H2. The third-order valence-electron chi connectivity index (χ3n) is 4.36. The molecule has 4 rings (SSSR count). The van der Waals surface area contributed by atoms with Crippen molar-refractivity contribution in [2.45, 2.75) is 17.5 Å². The lowest BCUT2D eigenvalue weighted by atomic mass is 10.2. The largest absolute Gasteiger partial charge is 0.483 e. The lowest BCUT2D eigenvalue weighted by molar-refractivity contribution is 0.278. The van der Waals surface area contributed by atoms with Crippen LogP contribution in [-0.4, -0.2) is 14.8 Å². The maximum absolute atomic E-state index is 13.9. The summed E-state index contributed by atoms with van der Waals surface area (Å²) >= 11 is 1.53. The van der Waals surface area contributed by atoms with Gasteiger partial charge in [-0.05, 0) is 42.0 Å². The third-order valence-corrected chi connectivity index (χ3v) is 5.36. The van der Waals surface area contributed by atoms with Crippen LogP contribution in [0.4, 0.5) is 4.39 Å². The van der Waals surface area contributed by atoms with E-state index in [1.807, 2.05) is 47.0 Å². The molecule has 3 aromatic carbocycles. The van der Waals surface area contributed by atoms with Crippen molar-refractivity contribution >= 4 is 11.8 Å². The van der Waals surface area contributed by atoms with Crippen molar-refractivity contribution in [2.24, 2.45) is 0 Å². The SMILES string of the molecule is N#Cc1ccc(CSc2nnc(COc3ccccc3F)n2-c2ccccc2)cc1. The van der Waals surface area contributed by atoms with Crippen LogP contribution in [0.25, 0.3) is 5.69 Å². The minimum Gasteiger partial charge on any atom is -0.483 e. The first-order valence-electron chi connectivity index (χ1n) is 9.23. The van der Waals surface area contributed by atoms with Crippen LogP contribution in [0.3, 0.4) is 0 Å². The fourth-order valence-electron chi connectivity index (χ4n) is 2.85. The lowest BCUT2D eigenvalue weighted by Gasteiger charge is -2.11. The van der Waals surface area contributed by atoms with Crippen LogP contribution in [0, 0.1) is 17.1 Å². The molecule has 0 saturated carbocycles. The van der Waals surface area contributed by atoms with Gasteiger partial charge in [0.05, 0.1) is 11.6 Å². The predicted molar refractivity (Wildman–Crippen MR) is 113 cm³/mol. The van der Waals surface area contributed by atoms with Crippen molar-refractivity contribution in [2.75, 3.05) is 0 Å². The number of nitriles is 1. The number of hydrogen-bond donors (Lipinski definition) is 0. The van der Waals surface area contributed by atoms with Crippen LogP contribution >= 0.6 is 11.8 Å². The highest BCUT2D eigenvalue weighted by atomic mass is 32.2. The van der Waals surface area contributed by atoms with E-state index >= 15 is 0 Å². The summed E-state index contributed by atoms with van der Waals surface area (Å²) in [6, 6.07) is 25.6. The highest BCUT2D eigenvalue weighted by Gasteiger charge is 2.16. The predicted octanol–water partition coefficient (Wildman–Crippen LogP) is 5.15. The van der Waals surface area contributed by atoms with E-state index in [2.05, 4.69) is 16.3 Å². The molecule has 7 heteroatoms. The van der Waals surface area contributed by atoms with Crippen molar-refractivity contribution in [1.82, 2.24) is 14.8 Å². The number of benzene rings is 3. The number of thioether (sulfide) groups is 1. The number of hydrogen-bond acceptors (Lipinski definition) is 5. The van der Waals surface area contributed by atoms with Gasteiger partial charge in [0, 0.05) is 11.4 Å². The summed E-state index contributed by atoms with van der Waals surface area (Å²) in [5, 5.41) is 18.3. The van der Waals surface area contributed by atoms with Gasteiger partial charge < -0.3 is 4.74 Å². The molecule has 5 nitrogen and oxygen atoms in total. The zero-order chi connectivity index (χ0) is 20.8. The van der Waals surface area contributed by atoms with E-state index in [0.29, 0.717) is 22.3 Å². The molecule has 0 amide bonds. The molecule has 0 radical (unpaired) electrons. The van der Waals surface area contributed by atoms with E-state index in [1.165, 1.54) is 17.8 Å². The molecule has 0 aliphatic carbocycles. The van der Waals surface area contributed by atoms with E-state index in [1.54, 1.807) is 30.3 Å². The molecule has 0 aliphatic rings. The Labute approximate surface area is 177 Å². The Balaban J connectivity index is 1.57. The van der Waals surface area contributed by atoms with Crippen molar-refractivity contribution in [3.8, 4) is 17.5 Å². The maximum atomic E-state index is 13.9. The van der Waals surface area contributed by atoms with Crippen LogP contribution in [0.5, 0.6) is 5.75 Å². The van der Waals surface area contributed by atoms with Gasteiger partial charge in [-0.2, -0.15) is 5.26 Å². The van der Waals surface area contributed by atoms with Gasteiger partial charge >= 0.3 is 0 Å². The second-order valence-electron chi connectivity index (χ2n) is 6.39. The minimum atomic E-state index is -0.418. The fraction of sp³-hybridized carbons (Fsp3) is 0.0870. The van der Waals surface area contributed by atoms with Crippen molar-refractivity contribution in [3.05, 3.63) is 102 Å². The molecular weight excluding hydrogens is 399 g/mol. The fourth-order valence-corrected chi connectivity index (χ4v) is 3.78. The summed E-state index contributed by atoms with van der Waals surface area (Å²) in [7, 11) is 0. The Kier molecular flexibility index (Phi) is 6.06. The second-order valence-corrected chi connectivity index (χ2v) is 7.33. The molecule has 1 aromatic heterocycles. The van der Waals surface area contributed by atoms with Crippen molar-refractivity contribution in [3.63, 3.8) is 0 Å². The molecule has 0 saturated heterocycles. The summed E-state index contributed by atoms with van der Waals surface area (Å²) in [5.41, 5.74) is 2.60.